The highest BCUT2D eigenvalue weighted by molar-refractivity contribution is 5.07. The van der Waals surface area contributed by atoms with E-state index in [4.69, 9.17) is 0 Å². The van der Waals surface area contributed by atoms with E-state index in [-0.39, 0.29) is 5.54 Å². The minimum absolute atomic E-state index is 0.117. The van der Waals surface area contributed by atoms with Crippen molar-refractivity contribution >= 4 is 0 Å². The normalized spacial score (nSPS) is 19.1. The molecule has 0 saturated heterocycles. The minimum atomic E-state index is 0.117. The fraction of sp³-hybridized carbons (Fsp3) is 0.833. The molecule has 1 heterocycles. The summed E-state index contributed by atoms with van der Waals surface area (Å²) in [6.45, 7) is 13.4. The molecule has 88 valence electrons. The number of nitrogens with one attached hydrogen (secondary N) is 2. The Bertz CT molecular complexity index is 238. The molecule has 0 aromatic heterocycles. The van der Waals surface area contributed by atoms with Gasteiger partial charge in [-0.15, -0.1) is 5.53 Å². The van der Waals surface area contributed by atoms with Crippen molar-refractivity contribution in [1.82, 2.24) is 16.0 Å². The standard InChI is InChI=1S/C12H25N3/c1-9(2)7-10(3)11-8-15(14-13-11)12(4,5)6/h8-10,13-14H,7H2,1-6H3. The molecule has 3 heteroatoms. The van der Waals surface area contributed by atoms with Crippen LogP contribution in [0.1, 0.15) is 48.0 Å². The van der Waals surface area contributed by atoms with Gasteiger partial charge in [-0.1, -0.05) is 20.8 Å². The van der Waals surface area contributed by atoms with Gasteiger partial charge in [-0.3, -0.25) is 5.01 Å². The summed E-state index contributed by atoms with van der Waals surface area (Å²) in [4.78, 5) is 0. The van der Waals surface area contributed by atoms with Gasteiger partial charge in [-0.25, -0.2) is 0 Å². The Morgan fingerprint density at radius 1 is 1.27 bits per heavy atom. The Hall–Kier alpha value is -0.700. The first-order chi connectivity index (χ1) is 6.80. The number of nitrogens with zero attached hydrogens (tertiary/aromatic N) is 1. The lowest BCUT2D eigenvalue weighted by molar-refractivity contribution is 0.137. The van der Waals surface area contributed by atoms with Crippen molar-refractivity contribution < 1.29 is 0 Å². The van der Waals surface area contributed by atoms with Gasteiger partial charge in [0.05, 0.1) is 0 Å². The summed E-state index contributed by atoms with van der Waals surface area (Å²) in [5.74, 6) is 1.33. The molecule has 1 atom stereocenters. The predicted molar refractivity (Wildman–Crippen MR) is 64.6 cm³/mol. The second-order valence-corrected chi connectivity index (χ2v) is 5.89. The van der Waals surface area contributed by atoms with Gasteiger partial charge in [0.1, 0.15) is 0 Å². The third-order valence-corrected chi connectivity index (χ3v) is 2.67. The van der Waals surface area contributed by atoms with Crippen molar-refractivity contribution in [3.05, 3.63) is 11.9 Å². The molecule has 2 N–H and O–H groups in total. The Morgan fingerprint density at radius 3 is 2.27 bits per heavy atom. The van der Waals surface area contributed by atoms with Crippen LogP contribution in [0.15, 0.2) is 11.9 Å². The third-order valence-electron chi connectivity index (χ3n) is 2.67. The lowest BCUT2D eigenvalue weighted by atomic mass is 9.96. The zero-order chi connectivity index (χ0) is 11.6. The Kier molecular flexibility index (Phi) is 3.66. The Balaban J connectivity index is 2.58. The van der Waals surface area contributed by atoms with Crippen molar-refractivity contribution in [2.24, 2.45) is 11.8 Å². The zero-order valence-electron chi connectivity index (χ0n) is 10.9. The number of rotatable bonds is 3. The number of hydrogen-bond donors (Lipinski definition) is 2. The van der Waals surface area contributed by atoms with E-state index in [2.05, 4.69) is 63.7 Å². The van der Waals surface area contributed by atoms with Crippen molar-refractivity contribution in [2.45, 2.75) is 53.5 Å². The van der Waals surface area contributed by atoms with Crippen LogP contribution in [0.2, 0.25) is 0 Å². The summed E-state index contributed by atoms with van der Waals surface area (Å²) in [6, 6.07) is 0. The van der Waals surface area contributed by atoms with Crippen molar-refractivity contribution in [2.75, 3.05) is 0 Å². The molecule has 1 aliphatic heterocycles. The smallest absolute Gasteiger partial charge is 0.0491 e. The van der Waals surface area contributed by atoms with E-state index >= 15 is 0 Å². The number of hydrogen-bond acceptors (Lipinski definition) is 3. The van der Waals surface area contributed by atoms with Gasteiger partial charge in [-0.2, -0.15) is 0 Å². The molecule has 0 aromatic carbocycles. The van der Waals surface area contributed by atoms with Crippen LogP contribution in [-0.4, -0.2) is 10.5 Å². The van der Waals surface area contributed by atoms with E-state index in [1.807, 2.05) is 0 Å². The highest BCUT2D eigenvalue weighted by atomic mass is 15.7. The van der Waals surface area contributed by atoms with E-state index < -0.39 is 0 Å². The highest BCUT2D eigenvalue weighted by Gasteiger charge is 2.25. The Morgan fingerprint density at radius 2 is 1.87 bits per heavy atom. The van der Waals surface area contributed by atoms with E-state index in [0.717, 1.165) is 5.92 Å². The van der Waals surface area contributed by atoms with Crippen molar-refractivity contribution in [3.8, 4) is 0 Å². The molecule has 1 rings (SSSR count). The van der Waals surface area contributed by atoms with Gasteiger partial charge in [0.25, 0.3) is 0 Å². The molecule has 0 bridgehead atoms. The quantitative estimate of drug-likeness (QED) is 0.751. The van der Waals surface area contributed by atoms with Gasteiger partial charge < -0.3 is 5.43 Å². The van der Waals surface area contributed by atoms with Crippen LogP contribution < -0.4 is 11.0 Å². The molecule has 0 spiro atoms. The second kappa shape index (κ2) is 4.44. The molecule has 0 saturated carbocycles. The van der Waals surface area contributed by atoms with Gasteiger partial charge >= 0.3 is 0 Å². The highest BCUT2D eigenvalue weighted by Crippen LogP contribution is 2.22. The van der Waals surface area contributed by atoms with Crippen LogP contribution in [0.5, 0.6) is 0 Å². The monoisotopic (exact) mass is 211 g/mol. The topological polar surface area (TPSA) is 27.3 Å². The SMILES string of the molecule is CC(C)CC(C)C1=CN(C(C)(C)C)NN1. The van der Waals surface area contributed by atoms with Crippen LogP contribution >= 0.6 is 0 Å². The average molecular weight is 211 g/mol. The Labute approximate surface area is 93.9 Å². The number of hydrazine groups is 2. The molecule has 0 aliphatic carbocycles. The van der Waals surface area contributed by atoms with Crippen LogP contribution in [0.3, 0.4) is 0 Å². The van der Waals surface area contributed by atoms with Gasteiger partial charge in [0.15, 0.2) is 0 Å². The van der Waals surface area contributed by atoms with E-state index in [1.165, 1.54) is 12.1 Å². The second-order valence-electron chi connectivity index (χ2n) is 5.89. The van der Waals surface area contributed by atoms with E-state index in [0.29, 0.717) is 5.92 Å². The molecule has 15 heavy (non-hydrogen) atoms. The van der Waals surface area contributed by atoms with E-state index in [9.17, 15) is 0 Å². The van der Waals surface area contributed by atoms with Crippen LogP contribution in [0, 0.1) is 11.8 Å². The maximum Gasteiger partial charge on any atom is 0.0491 e. The zero-order valence-corrected chi connectivity index (χ0v) is 10.9. The van der Waals surface area contributed by atoms with Crippen LogP contribution in [-0.2, 0) is 0 Å². The summed E-state index contributed by atoms with van der Waals surface area (Å²) in [7, 11) is 0. The van der Waals surface area contributed by atoms with Gasteiger partial charge in [0, 0.05) is 17.4 Å². The molecular formula is C12H25N3. The van der Waals surface area contributed by atoms with Crippen molar-refractivity contribution in [3.63, 3.8) is 0 Å². The fourth-order valence-electron chi connectivity index (χ4n) is 1.77. The maximum atomic E-state index is 3.26. The lowest BCUT2D eigenvalue weighted by Gasteiger charge is -2.30. The molecule has 1 aliphatic rings. The average Bonchev–Trinajstić information content (AvgIpc) is 2.48. The molecule has 0 fully saturated rings. The molecule has 0 amide bonds. The first kappa shape index (κ1) is 12.4. The molecule has 1 unspecified atom stereocenters. The van der Waals surface area contributed by atoms with Crippen LogP contribution in [0.25, 0.3) is 0 Å². The third kappa shape index (κ3) is 3.42. The summed E-state index contributed by atoms with van der Waals surface area (Å²) in [5, 5.41) is 2.12. The first-order valence-electron chi connectivity index (χ1n) is 5.83. The van der Waals surface area contributed by atoms with Crippen LogP contribution in [0.4, 0.5) is 0 Å². The predicted octanol–water partition coefficient (Wildman–Crippen LogP) is 2.63. The molecule has 0 radical (unpaired) electrons. The molecule has 0 aromatic rings. The summed E-state index contributed by atoms with van der Waals surface area (Å²) >= 11 is 0. The number of allylic oxidation sites excluding steroid dienone is 1. The minimum Gasteiger partial charge on any atom is -0.306 e. The van der Waals surface area contributed by atoms with Gasteiger partial charge in [-0.05, 0) is 39.0 Å². The maximum absolute atomic E-state index is 3.26. The largest absolute Gasteiger partial charge is 0.306 e. The lowest BCUT2D eigenvalue weighted by Crippen LogP contribution is -2.47. The van der Waals surface area contributed by atoms with E-state index in [1.54, 1.807) is 0 Å². The molecular weight excluding hydrogens is 186 g/mol. The van der Waals surface area contributed by atoms with Crippen molar-refractivity contribution in [1.29, 1.82) is 0 Å². The molecule has 3 nitrogen and oxygen atoms in total. The summed E-state index contributed by atoms with van der Waals surface area (Å²) < 4.78 is 0. The van der Waals surface area contributed by atoms with Gasteiger partial charge in [0.2, 0.25) is 0 Å². The summed E-state index contributed by atoms with van der Waals surface area (Å²) in [6.07, 6.45) is 3.41. The fourth-order valence-corrected chi connectivity index (χ4v) is 1.77. The first-order valence-corrected chi connectivity index (χ1v) is 5.83. The summed E-state index contributed by atoms with van der Waals surface area (Å²) in [5.41, 5.74) is 7.85.